The smallest absolute Gasteiger partial charge is 0.131 e. The number of halogens is 1. The van der Waals surface area contributed by atoms with Crippen molar-refractivity contribution in [2.24, 2.45) is 5.73 Å². The highest BCUT2D eigenvalue weighted by molar-refractivity contribution is 5.32. The lowest BCUT2D eigenvalue weighted by Gasteiger charge is -2.16. The van der Waals surface area contributed by atoms with Crippen LogP contribution in [0.5, 0.6) is 0 Å². The topological polar surface area (TPSA) is 43.8 Å². The summed E-state index contributed by atoms with van der Waals surface area (Å²) in [5.74, 6) is -0.228. The van der Waals surface area contributed by atoms with Gasteiger partial charge in [-0.05, 0) is 25.0 Å². The van der Waals surface area contributed by atoms with Crippen LogP contribution in [0.15, 0.2) is 30.5 Å². The number of benzene rings is 1. The molecule has 0 saturated carbocycles. The predicted molar refractivity (Wildman–Crippen MR) is 69.7 cm³/mol. The number of hydrogen-bond donors (Lipinski definition) is 1. The van der Waals surface area contributed by atoms with Gasteiger partial charge in [-0.15, -0.1) is 0 Å². The Labute approximate surface area is 106 Å². The Kier molecular flexibility index (Phi) is 3.77. The van der Waals surface area contributed by atoms with Gasteiger partial charge in [-0.3, -0.25) is 4.68 Å². The van der Waals surface area contributed by atoms with E-state index in [2.05, 4.69) is 12.0 Å². The van der Waals surface area contributed by atoms with Gasteiger partial charge in [0.2, 0.25) is 0 Å². The Morgan fingerprint density at radius 3 is 2.89 bits per heavy atom. The molecule has 4 heteroatoms. The number of aryl methyl sites for hydroxylation is 2. The molecule has 0 saturated heterocycles. The molecular formula is C14H18FN3. The number of rotatable bonds is 4. The molecule has 0 aliphatic rings. The molecule has 2 aromatic rings. The second kappa shape index (κ2) is 5.31. The van der Waals surface area contributed by atoms with Gasteiger partial charge in [-0.1, -0.05) is 25.1 Å². The van der Waals surface area contributed by atoms with Gasteiger partial charge in [0.25, 0.3) is 0 Å². The molecule has 2 rings (SSSR count). The fourth-order valence-electron chi connectivity index (χ4n) is 2.08. The van der Waals surface area contributed by atoms with E-state index in [1.54, 1.807) is 25.3 Å². The summed E-state index contributed by atoms with van der Waals surface area (Å²) in [5.41, 5.74) is 8.15. The average Bonchev–Trinajstić information content (AvgIpc) is 2.80. The lowest BCUT2D eigenvalue weighted by Crippen LogP contribution is -2.19. The minimum atomic E-state index is -0.473. The first-order valence-corrected chi connectivity index (χ1v) is 6.17. The molecule has 18 heavy (non-hydrogen) atoms. The number of hydrogen-bond acceptors (Lipinski definition) is 2. The van der Waals surface area contributed by atoms with Gasteiger partial charge in [-0.2, -0.15) is 5.10 Å². The van der Waals surface area contributed by atoms with E-state index in [9.17, 15) is 4.39 Å². The van der Waals surface area contributed by atoms with Crippen LogP contribution >= 0.6 is 0 Å². The third-order valence-corrected chi connectivity index (χ3v) is 3.06. The predicted octanol–water partition coefficient (Wildman–Crippen LogP) is 2.79. The SMILES string of the molecule is CCCn1nccc1C(N)c1cccc(C)c1F. The van der Waals surface area contributed by atoms with Crippen molar-refractivity contribution in [1.82, 2.24) is 9.78 Å². The van der Waals surface area contributed by atoms with Crippen LogP contribution in [0.1, 0.15) is 36.2 Å². The van der Waals surface area contributed by atoms with Crippen LogP contribution in [-0.4, -0.2) is 9.78 Å². The fraction of sp³-hybridized carbons (Fsp3) is 0.357. The molecule has 0 fully saturated rings. The molecule has 96 valence electrons. The second-order valence-corrected chi connectivity index (χ2v) is 4.44. The van der Waals surface area contributed by atoms with Gasteiger partial charge in [-0.25, -0.2) is 4.39 Å². The van der Waals surface area contributed by atoms with Crippen molar-refractivity contribution >= 4 is 0 Å². The van der Waals surface area contributed by atoms with E-state index in [4.69, 9.17) is 5.73 Å². The van der Waals surface area contributed by atoms with E-state index in [-0.39, 0.29) is 5.82 Å². The molecule has 1 atom stereocenters. The zero-order valence-corrected chi connectivity index (χ0v) is 10.7. The molecule has 2 N–H and O–H groups in total. The summed E-state index contributed by atoms with van der Waals surface area (Å²) in [6, 6.07) is 6.68. The Morgan fingerprint density at radius 2 is 2.17 bits per heavy atom. The van der Waals surface area contributed by atoms with Crippen molar-refractivity contribution in [3.63, 3.8) is 0 Å². The Balaban J connectivity index is 2.38. The minimum Gasteiger partial charge on any atom is -0.319 e. The summed E-state index contributed by atoms with van der Waals surface area (Å²) in [4.78, 5) is 0. The van der Waals surface area contributed by atoms with E-state index in [0.717, 1.165) is 18.7 Å². The van der Waals surface area contributed by atoms with E-state index < -0.39 is 6.04 Å². The third kappa shape index (κ3) is 2.29. The van der Waals surface area contributed by atoms with Crippen LogP contribution in [0, 0.1) is 12.7 Å². The van der Waals surface area contributed by atoms with Gasteiger partial charge >= 0.3 is 0 Å². The minimum absolute atomic E-state index is 0.228. The maximum atomic E-state index is 14.1. The van der Waals surface area contributed by atoms with Crippen molar-refractivity contribution in [3.05, 3.63) is 53.1 Å². The maximum absolute atomic E-state index is 14.1. The zero-order chi connectivity index (χ0) is 13.1. The van der Waals surface area contributed by atoms with Crippen molar-refractivity contribution in [3.8, 4) is 0 Å². The monoisotopic (exact) mass is 247 g/mol. The molecular weight excluding hydrogens is 229 g/mol. The molecule has 1 aromatic carbocycles. The molecule has 1 heterocycles. The summed E-state index contributed by atoms with van der Waals surface area (Å²) in [6.45, 7) is 4.61. The van der Waals surface area contributed by atoms with Gasteiger partial charge in [0.1, 0.15) is 5.82 Å². The third-order valence-electron chi connectivity index (χ3n) is 3.06. The Hall–Kier alpha value is -1.68. The van der Waals surface area contributed by atoms with Gasteiger partial charge in [0.05, 0.1) is 11.7 Å². The quantitative estimate of drug-likeness (QED) is 0.902. The van der Waals surface area contributed by atoms with Crippen molar-refractivity contribution in [2.75, 3.05) is 0 Å². The molecule has 0 amide bonds. The molecule has 0 radical (unpaired) electrons. The van der Waals surface area contributed by atoms with Gasteiger partial charge in [0, 0.05) is 18.3 Å². The van der Waals surface area contributed by atoms with Crippen LogP contribution in [0.2, 0.25) is 0 Å². The standard InChI is InChI=1S/C14H18FN3/c1-3-9-18-12(7-8-17-18)14(16)11-6-4-5-10(2)13(11)15/h4-8,14H,3,9,16H2,1-2H3. The van der Waals surface area contributed by atoms with Gasteiger partial charge < -0.3 is 5.73 Å². The zero-order valence-electron chi connectivity index (χ0n) is 10.7. The fourth-order valence-corrected chi connectivity index (χ4v) is 2.08. The van der Waals surface area contributed by atoms with E-state index >= 15 is 0 Å². The Bertz CT molecular complexity index is 534. The molecule has 0 bridgehead atoms. The summed E-state index contributed by atoms with van der Waals surface area (Å²) in [7, 11) is 0. The molecule has 1 unspecified atom stereocenters. The normalized spacial score (nSPS) is 12.7. The maximum Gasteiger partial charge on any atom is 0.131 e. The molecule has 0 spiro atoms. The summed E-state index contributed by atoms with van der Waals surface area (Å²) in [5, 5.41) is 4.22. The molecule has 3 nitrogen and oxygen atoms in total. The molecule has 0 aliphatic carbocycles. The summed E-state index contributed by atoms with van der Waals surface area (Å²) >= 11 is 0. The van der Waals surface area contributed by atoms with Gasteiger partial charge in [0.15, 0.2) is 0 Å². The lowest BCUT2D eigenvalue weighted by atomic mass is 10.0. The van der Waals surface area contributed by atoms with E-state index in [1.807, 2.05) is 16.8 Å². The van der Waals surface area contributed by atoms with Crippen LogP contribution in [0.4, 0.5) is 4.39 Å². The van der Waals surface area contributed by atoms with Crippen molar-refractivity contribution < 1.29 is 4.39 Å². The highest BCUT2D eigenvalue weighted by atomic mass is 19.1. The summed E-state index contributed by atoms with van der Waals surface area (Å²) < 4.78 is 15.9. The highest BCUT2D eigenvalue weighted by Gasteiger charge is 2.18. The Morgan fingerprint density at radius 1 is 1.39 bits per heavy atom. The summed E-state index contributed by atoms with van der Waals surface area (Å²) in [6.07, 6.45) is 2.68. The van der Waals surface area contributed by atoms with E-state index in [0.29, 0.717) is 11.1 Å². The number of aromatic nitrogens is 2. The first-order chi connectivity index (χ1) is 8.65. The van der Waals surface area contributed by atoms with Crippen LogP contribution in [0.25, 0.3) is 0 Å². The average molecular weight is 247 g/mol. The first kappa shape index (κ1) is 12.8. The largest absolute Gasteiger partial charge is 0.319 e. The van der Waals surface area contributed by atoms with Crippen LogP contribution < -0.4 is 5.73 Å². The number of nitrogens with zero attached hydrogens (tertiary/aromatic N) is 2. The van der Waals surface area contributed by atoms with Crippen LogP contribution in [-0.2, 0) is 6.54 Å². The van der Waals surface area contributed by atoms with E-state index in [1.165, 1.54) is 0 Å². The van der Waals surface area contributed by atoms with Crippen LogP contribution in [0.3, 0.4) is 0 Å². The highest BCUT2D eigenvalue weighted by Crippen LogP contribution is 2.23. The number of nitrogens with two attached hydrogens (primary N) is 1. The first-order valence-electron chi connectivity index (χ1n) is 6.17. The second-order valence-electron chi connectivity index (χ2n) is 4.44. The molecule has 1 aromatic heterocycles. The van der Waals surface area contributed by atoms with Crippen molar-refractivity contribution in [1.29, 1.82) is 0 Å². The lowest BCUT2D eigenvalue weighted by molar-refractivity contribution is 0.543. The van der Waals surface area contributed by atoms with Crippen molar-refractivity contribution in [2.45, 2.75) is 32.9 Å². The molecule has 0 aliphatic heterocycles.